The number of aromatic nitrogens is 3. The Bertz CT molecular complexity index is 1420. The normalized spacial score (nSPS) is 16.4. The third-order valence-corrected chi connectivity index (χ3v) is 7.08. The number of nitrogens with zero attached hydrogens (tertiary/aromatic N) is 4. The van der Waals surface area contributed by atoms with E-state index in [0.29, 0.717) is 0 Å². The van der Waals surface area contributed by atoms with Crippen molar-refractivity contribution in [3.8, 4) is 11.1 Å². The molecule has 7 nitrogen and oxygen atoms in total. The van der Waals surface area contributed by atoms with E-state index in [1.165, 1.54) is 18.4 Å². The second-order valence-corrected chi connectivity index (χ2v) is 9.91. The predicted octanol–water partition coefficient (Wildman–Crippen LogP) is 4.99. The summed E-state index contributed by atoms with van der Waals surface area (Å²) in [6, 6.07) is 16.4. The Kier molecular flexibility index (Phi) is 6.80. The van der Waals surface area contributed by atoms with Gasteiger partial charge in [0.05, 0.1) is 30.6 Å². The Morgan fingerprint density at radius 2 is 1.92 bits per heavy atom. The van der Waals surface area contributed by atoms with Gasteiger partial charge in [-0.25, -0.2) is 4.98 Å². The van der Waals surface area contributed by atoms with Gasteiger partial charge in [-0.15, -0.1) is 0 Å². The Labute approximate surface area is 216 Å². The van der Waals surface area contributed by atoms with Crippen LogP contribution < -0.4 is 5.32 Å². The van der Waals surface area contributed by atoms with Gasteiger partial charge in [0.1, 0.15) is 0 Å². The van der Waals surface area contributed by atoms with Crippen molar-refractivity contribution in [2.75, 3.05) is 31.6 Å². The Morgan fingerprint density at radius 3 is 2.73 bits per heavy atom. The average Bonchev–Trinajstić information content (AvgIpc) is 3.67. The second-order valence-electron chi connectivity index (χ2n) is 9.91. The monoisotopic (exact) mass is 493 g/mol. The first-order chi connectivity index (χ1) is 18.2. The molecule has 37 heavy (non-hydrogen) atoms. The van der Waals surface area contributed by atoms with Gasteiger partial charge in [0.25, 0.3) is 0 Å². The van der Waals surface area contributed by atoms with Gasteiger partial charge in [-0.3, -0.25) is 14.7 Å². The van der Waals surface area contributed by atoms with Gasteiger partial charge in [0.2, 0.25) is 5.91 Å². The molecule has 0 spiro atoms. The molecule has 0 unspecified atom stereocenters. The summed E-state index contributed by atoms with van der Waals surface area (Å²) in [5.41, 5.74) is 7.17. The number of hydrogen-bond acceptors (Lipinski definition) is 5. The lowest BCUT2D eigenvalue weighted by atomic mass is 10.0. The maximum Gasteiger partial charge on any atom is 0.248 e. The first-order valence-electron chi connectivity index (χ1n) is 13.0. The third-order valence-electron chi connectivity index (χ3n) is 7.08. The number of hydrogen-bond donors (Lipinski definition) is 1. The number of ether oxygens (including phenoxy) is 1. The Balaban J connectivity index is 1.14. The van der Waals surface area contributed by atoms with Gasteiger partial charge >= 0.3 is 0 Å². The van der Waals surface area contributed by atoms with Crippen molar-refractivity contribution >= 4 is 28.7 Å². The molecule has 1 aliphatic carbocycles. The number of rotatable bonds is 8. The van der Waals surface area contributed by atoms with E-state index in [1.807, 2.05) is 30.6 Å². The molecule has 188 valence electrons. The van der Waals surface area contributed by atoms with Crippen LogP contribution >= 0.6 is 0 Å². The minimum absolute atomic E-state index is 0.173. The summed E-state index contributed by atoms with van der Waals surface area (Å²) >= 11 is 0. The standard InChI is InChI=1S/C30H31N5O2/c36-30(33-26-7-3-22(4-8-26)19-34-13-15-37-16-14-34)10-6-25-18-31-12-11-27(25)24-5-9-28-29(17-24)35(21-32-28)20-23-1-2-23/h3-12,17-18,21,23H,1-2,13-16,19-20H2,(H,33,36)/b10-6+. The van der Waals surface area contributed by atoms with E-state index in [0.717, 1.165) is 78.7 Å². The number of benzene rings is 2. The maximum absolute atomic E-state index is 12.7. The molecule has 2 fully saturated rings. The summed E-state index contributed by atoms with van der Waals surface area (Å²) in [6.07, 6.45) is 11.5. The smallest absolute Gasteiger partial charge is 0.248 e. The molecule has 0 bridgehead atoms. The minimum Gasteiger partial charge on any atom is -0.379 e. The summed E-state index contributed by atoms with van der Waals surface area (Å²) in [6.45, 7) is 5.42. The minimum atomic E-state index is -0.173. The summed E-state index contributed by atoms with van der Waals surface area (Å²) in [7, 11) is 0. The van der Waals surface area contributed by atoms with Crippen LogP contribution in [-0.4, -0.2) is 51.6 Å². The highest BCUT2D eigenvalue weighted by Gasteiger charge is 2.22. The van der Waals surface area contributed by atoms with Crippen molar-refractivity contribution in [3.05, 3.63) is 84.5 Å². The number of carbonyl (C=O) groups excluding carboxylic acids is 1. The number of morpholine rings is 1. The van der Waals surface area contributed by atoms with Crippen LogP contribution in [0.15, 0.2) is 73.3 Å². The molecule has 6 rings (SSSR count). The van der Waals surface area contributed by atoms with E-state index in [4.69, 9.17) is 4.74 Å². The lowest BCUT2D eigenvalue weighted by Gasteiger charge is -2.26. The first kappa shape index (κ1) is 23.6. The van der Waals surface area contributed by atoms with Crippen molar-refractivity contribution in [1.82, 2.24) is 19.4 Å². The zero-order chi connectivity index (χ0) is 25.0. The fourth-order valence-corrected chi connectivity index (χ4v) is 4.81. The highest BCUT2D eigenvalue weighted by Crippen LogP contribution is 2.33. The molecule has 0 radical (unpaired) electrons. The summed E-state index contributed by atoms with van der Waals surface area (Å²) < 4.78 is 7.67. The SMILES string of the molecule is O=C(/C=C/c1cnccc1-c1ccc2ncn(CC3CC3)c2c1)Nc1ccc(CN2CCOCC2)cc1. The first-order valence-corrected chi connectivity index (χ1v) is 13.0. The fraction of sp³-hybridized carbons (Fsp3) is 0.300. The number of carbonyl (C=O) groups is 1. The van der Waals surface area contributed by atoms with E-state index in [9.17, 15) is 4.79 Å². The van der Waals surface area contributed by atoms with Crippen LogP contribution in [0.3, 0.4) is 0 Å². The van der Waals surface area contributed by atoms with Crippen LogP contribution in [0, 0.1) is 5.92 Å². The molecule has 1 saturated carbocycles. The van der Waals surface area contributed by atoms with Gasteiger partial charge < -0.3 is 14.6 Å². The number of anilines is 1. The number of amides is 1. The van der Waals surface area contributed by atoms with Gasteiger partial charge in [-0.2, -0.15) is 0 Å². The molecule has 3 heterocycles. The molecule has 2 aromatic heterocycles. The molecule has 1 aliphatic heterocycles. The van der Waals surface area contributed by atoms with Crippen molar-refractivity contribution < 1.29 is 9.53 Å². The van der Waals surface area contributed by atoms with Crippen LogP contribution in [0.5, 0.6) is 0 Å². The molecule has 1 amide bonds. The van der Waals surface area contributed by atoms with Gasteiger partial charge in [0.15, 0.2) is 0 Å². The van der Waals surface area contributed by atoms with E-state index in [2.05, 4.69) is 55.1 Å². The van der Waals surface area contributed by atoms with Crippen molar-refractivity contribution in [1.29, 1.82) is 0 Å². The molecular formula is C30H31N5O2. The molecule has 2 aromatic carbocycles. The average molecular weight is 494 g/mol. The molecule has 0 atom stereocenters. The van der Waals surface area contributed by atoms with Crippen molar-refractivity contribution in [2.45, 2.75) is 25.9 Å². The summed E-state index contributed by atoms with van der Waals surface area (Å²) in [5.74, 6) is 0.605. The molecular weight excluding hydrogens is 462 g/mol. The van der Waals surface area contributed by atoms with E-state index >= 15 is 0 Å². The van der Waals surface area contributed by atoms with Gasteiger partial charge in [-0.1, -0.05) is 18.2 Å². The number of nitrogens with one attached hydrogen (secondary N) is 1. The molecule has 2 aliphatic rings. The largest absolute Gasteiger partial charge is 0.379 e. The quantitative estimate of drug-likeness (QED) is 0.350. The molecule has 4 aromatic rings. The lowest BCUT2D eigenvalue weighted by molar-refractivity contribution is -0.111. The van der Waals surface area contributed by atoms with Gasteiger partial charge in [0, 0.05) is 55.9 Å². The van der Waals surface area contributed by atoms with Crippen molar-refractivity contribution in [2.24, 2.45) is 5.92 Å². The van der Waals surface area contributed by atoms with E-state index < -0.39 is 0 Å². The second kappa shape index (κ2) is 10.7. The van der Waals surface area contributed by atoms with Gasteiger partial charge in [-0.05, 0) is 71.9 Å². The zero-order valence-corrected chi connectivity index (χ0v) is 20.8. The maximum atomic E-state index is 12.7. The zero-order valence-electron chi connectivity index (χ0n) is 20.8. The lowest BCUT2D eigenvalue weighted by Crippen LogP contribution is -2.35. The van der Waals surface area contributed by atoms with Crippen LogP contribution in [0.4, 0.5) is 5.69 Å². The molecule has 1 saturated heterocycles. The highest BCUT2D eigenvalue weighted by atomic mass is 16.5. The van der Waals surface area contributed by atoms with Crippen LogP contribution in [0.1, 0.15) is 24.0 Å². The van der Waals surface area contributed by atoms with E-state index in [1.54, 1.807) is 18.5 Å². The van der Waals surface area contributed by atoms with Crippen LogP contribution in [0.25, 0.3) is 28.2 Å². The summed E-state index contributed by atoms with van der Waals surface area (Å²) in [5, 5.41) is 2.96. The van der Waals surface area contributed by atoms with Crippen LogP contribution in [0.2, 0.25) is 0 Å². The van der Waals surface area contributed by atoms with Crippen LogP contribution in [-0.2, 0) is 22.6 Å². The number of fused-ring (bicyclic) bond motifs is 1. The third kappa shape index (κ3) is 5.79. The summed E-state index contributed by atoms with van der Waals surface area (Å²) in [4.78, 5) is 23.9. The number of imidazole rings is 1. The predicted molar refractivity (Wildman–Crippen MR) is 146 cm³/mol. The molecule has 1 N–H and O–H groups in total. The van der Waals surface area contributed by atoms with Crippen molar-refractivity contribution in [3.63, 3.8) is 0 Å². The Hall–Kier alpha value is -3.81. The Morgan fingerprint density at radius 1 is 1.08 bits per heavy atom. The number of pyridine rings is 1. The molecule has 7 heteroatoms. The van der Waals surface area contributed by atoms with E-state index in [-0.39, 0.29) is 5.91 Å². The highest BCUT2D eigenvalue weighted by molar-refractivity contribution is 6.02. The topological polar surface area (TPSA) is 72.3 Å². The fourth-order valence-electron chi connectivity index (χ4n) is 4.81.